The molecule has 0 amide bonds. The van der Waals surface area contributed by atoms with E-state index in [0.717, 1.165) is 18.4 Å². The maximum Gasteiger partial charge on any atom is 0.330 e. The third kappa shape index (κ3) is 9.80. The lowest BCUT2D eigenvalue weighted by atomic mass is 10.1. The van der Waals surface area contributed by atoms with Gasteiger partial charge < -0.3 is 14.6 Å². The Morgan fingerprint density at radius 1 is 1.04 bits per heavy atom. The Labute approximate surface area is 151 Å². The SMILES string of the molecule is CCCCCCCCCCCOC(=O)/C=C/c1ccc(O)c(OC)c1. The molecule has 0 saturated carbocycles. The van der Waals surface area contributed by atoms with E-state index in [4.69, 9.17) is 9.47 Å². The van der Waals surface area contributed by atoms with Gasteiger partial charge in [-0.05, 0) is 30.2 Å². The number of carbonyl (C=O) groups is 1. The number of esters is 1. The molecule has 1 aromatic rings. The van der Waals surface area contributed by atoms with Crippen molar-refractivity contribution in [1.29, 1.82) is 0 Å². The van der Waals surface area contributed by atoms with Gasteiger partial charge in [-0.25, -0.2) is 4.79 Å². The van der Waals surface area contributed by atoms with Crippen LogP contribution in [0.4, 0.5) is 0 Å². The van der Waals surface area contributed by atoms with Crippen LogP contribution in [0, 0.1) is 0 Å². The first kappa shape index (κ1) is 21.1. The molecule has 1 N–H and O–H groups in total. The van der Waals surface area contributed by atoms with Gasteiger partial charge in [0.1, 0.15) is 0 Å². The lowest BCUT2D eigenvalue weighted by Crippen LogP contribution is -2.02. The maximum atomic E-state index is 11.7. The van der Waals surface area contributed by atoms with Crippen LogP contribution in [0.15, 0.2) is 24.3 Å². The average Bonchev–Trinajstić information content (AvgIpc) is 2.62. The van der Waals surface area contributed by atoms with Crippen LogP contribution in [-0.4, -0.2) is 24.8 Å². The maximum absolute atomic E-state index is 11.7. The van der Waals surface area contributed by atoms with E-state index in [0.29, 0.717) is 12.4 Å². The molecule has 0 spiro atoms. The number of aromatic hydroxyl groups is 1. The highest BCUT2D eigenvalue weighted by molar-refractivity contribution is 5.87. The molecule has 0 atom stereocenters. The minimum Gasteiger partial charge on any atom is -0.504 e. The van der Waals surface area contributed by atoms with Gasteiger partial charge in [-0.1, -0.05) is 64.4 Å². The Hall–Kier alpha value is -1.97. The molecule has 0 bridgehead atoms. The monoisotopic (exact) mass is 348 g/mol. The van der Waals surface area contributed by atoms with Gasteiger partial charge >= 0.3 is 5.97 Å². The topological polar surface area (TPSA) is 55.8 Å². The molecule has 4 heteroatoms. The first-order chi connectivity index (χ1) is 12.2. The zero-order valence-electron chi connectivity index (χ0n) is 15.6. The van der Waals surface area contributed by atoms with E-state index >= 15 is 0 Å². The Bertz CT molecular complexity index is 523. The number of unbranched alkanes of at least 4 members (excludes halogenated alkanes) is 8. The lowest BCUT2D eigenvalue weighted by Gasteiger charge is -2.04. The van der Waals surface area contributed by atoms with Crippen LogP contribution in [0.25, 0.3) is 6.08 Å². The van der Waals surface area contributed by atoms with Crippen LogP contribution in [0.5, 0.6) is 11.5 Å². The first-order valence-electron chi connectivity index (χ1n) is 9.39. The minimum absolute atomic E-state index is 0.0765. The highest BCUT2D eigenvalue weighted by Crippen LogP contribution is 2.26. The fraction of sp³-hybridized carbons (Fsp3) is 0.571. The van der Waals surface area contributed by atoms with Crippen molar-refractivity contribution in [1.82, 2.24) is 0 Å². The normalized spacial score (nSPS) is 11.0. The van der Waals surface area contributed by atoms with E-state index in [1.807, 2.05) is 0 Å². The van der Waals surface area contributed by atoms with Gasteiger partial charge in [-0.15, -0.1) is 0 Å². The summed E-state index contributed by atoms with van der Waals surface area (Å²) in [5.41, 5.74) is 0.773. The second kappa shape index (κ2) is 13.3. The van der Waals surface area contributed by atoms with E-state index in [1.165, 1.54) is 64.2 Å². The van der Waals surface area contributed by atoms with Crippen LogP contribution >= 0.6 is 0 Å². The van der Waals surface area contributed by atoms with Crippen LogP contribution in [0.1, 0.15) is 70.3 Å². The summed E-state index contributed by atoms with van der Waals surface area (Å²) in [6, 6.07) is 4.91. The van der Waals surface area contributed by atoms with Gasteiger partial charge in [0.05, 0.1) is 13.7 Å². The smallest absolute Gasteiger partial charge is 0.330 e. The third-order valence-electron chi connectivity index (χ3n) is 4.11. The van der Waals surface area contributed by atoms with Gasteiger partial charge in [0.25, 0.3) is 0 Å². The molecule has 0 aliphatic carbocycles. The Morgan fingerprint density at radius 3 is 2.32 bits per heavy atom. The number of benzene rings is 1. The van der Waals surface area contributed by atoms with E-state index in [-0.39, 0.29) is 11.7 Å². The molecule has 0 aliphatic heterocycles. The molecule has 140 valence electrons. The summed E-state index contributed by atoms with van der Waals surface area (Å²) < 4.78 is 10.2. The van der Waals surface area contributed by atoms with Crippen molar-refractivity contribution < 1.29 is 19.4 Å². The zero-order valence-corrected chi connectivity index (χ0v) is 15.6. The van der Waals surface area contributed by atoms with Gasteiger partial charge in [0.15, 0.2) is 11.5 Å². The lowest BCUT2D eigenvalue weighted by molar-refractivity contribution is -0.137. The van der Waals surface area contributed by atoms with Crippen molar-refractivity contribution in [3.63, 3.8) is 0 Å². The van der Waals surface area contributed by atoms with Gasteiger partial charge in [-0.3, -0.25) is 0 Å². The molecular weight excluding hydrogens is 316 g/mol. The largest absolute Gasteiger partial charge is 0.504 e. The van der Waals surface area contributed by atoms with Crippen LogP contribution in [0.2, 0.25) is 0 Å². The van der Waals surface area contributed by atoms with Crippen molar-refractivity contribution in [3.8, 4) is 11.5 Å². The van der Waals surface area contributed by atoms with Crippen LogP contribution in [0.3, 0.4) is 0 Å². The van der Waals surface area contributed by atoms with Crippen LogP contribution in [-0.2, 0) is 9.53 Å². The van der Waals surface area contributed by atoms with Crippen LogP contribution < -0.4 is 4.74 Å². The molecule has 0 radical (unpaired) electrons. The molecule has 0 aliphatic rings. The fourth-order valence-electron chi connectivity index (χ4n) is 2.60. The van der Waals surface area contributed by atoms with Gasteiger partial charge in [0.2, 0.25) is 0 Å². The Morgan fingerprint density at radius 2 is 1.68 bits per heavy atom. The number of hydrogen-bond donors (Lipinski definition) is 1. The van der Waals surface area contributed by atoms with Gasteiger partial charge in [0, 0.05) is 6.08 Å². The van der Waals surface area contributed by atoms with Crippen molar-refractivity contribution in [2.45, 2.75) is 64.7 Å². The van der Waals surface area contributed by atoms with E-state index in [1.54, 1.807) is 18.2 Å². The van der Waals surface area contributed by atoms with Crippen molar-refractivity contribution in [3.05, 3.63) is 29.8 Å². The van der Waals surface area contributed by atoms with E-state index in [9.17, 15) is 9.90 Å². The number of methoxy groups -OCH3 is 1. The molecule has 4 nitrogen and oxygen atoms in total. The predicted molar refractivity (Wildman–Crippen MR) is 102 cm³/mol. The molecule has 25 heavy (non-hydrogen) atoms. The Balaban J connectivity index is 2.11. The molecule has 0 aromatic heterocycles. The number of rotatable bonds is 13. The highest BCUT2D eigenvalue weighted by atomic mass is 16.5. The van der Waals surface area contributed by atoms with Gasteiger partial charge in [-0.2, -0.15) is 0 Å². The van der Waals surface area contributed by atoms with E-state index < -0.39 is 0 Å². The molecule has 0 saturated heterocycles. The summed E-state index contributed by atoms with van der Waals surface area (Å²) in [6.45, 7) is 2.70. The summed E-state index contributed by atoms with van der Waals surface area (Å²) in [5, 5.41) is 9.53. The number of ether oxygens (including phenoxy) is 2. The quantitative estimate of drug-likeness (QED) is 0.291. The fourth-order valence-corrected chi connectivity index (χ4v) is 2.60. The molecular formula is C21H32O4. The second-order valence-electron chi connectivity index (χ2n) is 6.26. The molecule has 1 aromatic carbocycles. The highest BCUT2D eigenvalue weighted by Gasteiger charge is 2.02. The number of hydrogen-bond acceptors (Lipinski definition) is 4. The third-order valence-corrected chi connectivity index (χ3v) is 4.11. The number of phenols is 1. The predicted octanol–water partition coefficient (Wildman–Crippen LogP) is 5.49. The number of phenolic OH excluding ortho intramolecular Hbond substituents is 1. The second-order valence-corrected chi connectivity index (χ2v) is 6.26. The molecule has 0 unspecified atom stereocenters. The number of carbonyl (C=O) groups excluding carboxylic acids is 1. The summed E-state index contributed by atoms with van der Waals surface area (Å²) in [6.07, 6.45) is 14.2. The zero-order chi connectivity index (χ0) is 18.3. The minimum atomic E-state index is -0.341. The van der Waals surface area contributed by atoms with Crippen molar-refractivity contribution >= 4 is 12.0 Å². The Kier molecular flexibility index (Phi) is 11.2. The molecule has 0 heterocycles. The van der Waals surface area contributed by atoms with Crippen molar-refractivity contribution in [2.75, 3.05) is 13.7 Å². The van der Waals surface area contributed by atoms with Crippen molar-refractivity contribution in [2.24, 2.45) is 0 Å². The van der Waals surface area contributed by atoms with E-state index in [2.05, 4.69) is 6.92 Å². The summed E-state index contributed by atoms with van der Waals surface area (Å²) in [5.74, 6) is 0.115. The first-order valence-corrected chi connectivity index (χ1v) is 9.39. The molecule has 0 fully saturated rings. The molecule has 1 rings (SSSR count). The summed E-state index contributed by atoms with van der Waals surface area (Å²) in [4.78, 5) is 11.7. The summed E-state index contributed by atoms with van der Waals surface area (Å²) in [7, 11) is 1.49. The summed E-state index contributed by atoms with van der Waals surface area (Å²) >= 11 is 0. The standard InChI is InChI=1S/C21H32O4/c1-3-4-5-6-7-8-9-10-11-16-25-21(23)15-13-18-12-14-19(22)20(17-18)24-2/h12-15,17,22H,3-11,16H2,1-2H3/b15-13+. The average molecular weight is 348 g/mol.